The van der Waals surface area contributed by atoms with Crippen molar-refractivity contribution in [3.8, 4) is 11.4 Å². The van der Waals surface area contributed by atoms with Gasteiger partial charge in [-0.15, -0.1) is 10.2 Å². The molecule has 0 aliphatic carbocycles. The summed E-state index contributed by atoms with van der Waals surface area (Å²) in [6, 6.07) is 6.47. The Balaban J connectivity index is 2.38. The summed E-state index contributed by atoms with van der Waals surface area (Å²) in [4.78, 5) is 0. The molecule has 0 unspecified atom stereocenters. The summed E-state index contributed by atoms with van der Waals surface area (Å²) < 4.78 is 85.3. The van der Waals surface area contributed by atoms with E-state index in [-0.39, 0.29) is 17.0 Å². The third-order valence-electron chi connectivity index (χ3n) is 2.87. The van der Waals surface area contributed by atoms with Gasteiger partial charge in [-0.05, 0) is 23.6 Å². The minimum absolute atomic E-state index is 0.00930. The largest absolute Gasteiger partial charge is 0.206 e. The van der Waals surface area contributed by atoms with Crippen LogP contribution in [0.25, 0.3) is 17.0 Å². The molecule has 3 aromatic rings. The highest BCUT2D eigenvalue weighted by Gasteiger charge is 2.22. The van der Waals surface area contributed by atoms with Crippen LogP contribution in [0, 0.1) is 5.82 Å². The first-order valence-corrected chi connectivity index (χ1v) is 6.18. The average molecular weight is 314 g/mol. The van der Waals surface area contributed by atoms with Crippen LogP contribution in [0.5, 0.6) is 0 Å². The highest BCUT2D eigenvalue weighted by atomic mass is 35.5. The maximum absolute atomic E-state index is 14.2. The first kappa shape index (κ1) is 6.83. The van der Waals surface area contributed by atoms with Gasteiger partial charge >= 0.3 is 0 Å². The lowest BCUT2D eigenvalue weighted by Gasteiger charge is -2.19. The Morgan fingerprint density at radius 3 is 2.71 bits per heavy atom. The molecule has 0 saturated carbocycles. The summed E-state index contributed by atoms with van der Waals surface area (Å²) in [5.41, 5.74) is -4.28. The monoisotopic (exact) mass is 313 g/mol. The van der Waals surface area contributed by atoms with Gasteiger partial charge in [0.2, 0.25) is 0 Å². The number of fused-ring (bicyclic) bond motifs is 1. The van der Waals surface area contributed by atoms with E-state index in [1.807, 2.05) is 0 Å². The quantitative estimate of drug-likeness (QED) is 0.684. The molecular weight excluding hydrogens is 291 g/mol. The Bertz CT molecular complexity index is 1070. The van der Waals surface area contributed by atoms with Gasteiger partial charge in [-0.1, -0.05) is 44.3 Å². The number of halogens is 2. The van der Waals surface area contributed by atoms with Gasteiger partial charge in [0.25, 0.3) is 0 Å². The molecule has 108 valence electrons. The highest BCUT2D eigenvalue weighted by molar-refractivity contribution is 6.30. The number of hydrogen-bond acceptors (Lipinski definition) is 3. The van der Waals surface area contributed by atoms with Crippen LogP contribution in [0.15, 0.2) is 30.3 Å². The van der Waals surface area contributed by atoms with E-state index in [4.69, 9.17) is 23.9 Å². The molecule has 0 atom stereocenters. The molecule has 0 fully saturated rings. The van der Waals surface area contributed by atoms with Gasteiger partial charge in [-0.2, -0.15) is 9.61 Å². The molecule has 0 radical (unpaired) electrons. The predicted octanol–water partition coefficient (Wildman–Crippen LogP) is 3.88. The minimum Gasteiger partial charge on any atom is -0.206 e. The van der Waals surface area contributed by atoms with Crippen LogP contribution in [0.1, 0.15) is 38.5 Å². The van der Waals surface area contributed by atoms with E-state index in [9.17, 15) is 4.39 Å². The van der Waals surface area contributed by atoms with Gasteiger partial charge < -0.3 is 0 Å². The topological polar surface area (TPSA) is 43.1 Å². The number of nitrogens with zero attached hydrogens (tertiary/aromatic N) is 4. The van der Waals surface area contributed by atoms with Crippen molar-refractivity contribution in [3.05, 3.63) is 46.9 Å². The van der Waals surface area contributed by atoms with Crippen LogP contribution >= 0.6 is 11.6 Å². The van der Waals surface area contributed by atoms with Crippen molar-refractivity contribution in [3.63, 3.8) is 0 Å². The fourth-order valence-corrected chi connectivity index (χ4v) is 2.16. The summed E-state index contributed by atoms with van der Waals surface area (Å²) in [5, 5.41) is 10.8. The van der Waals surface area contributed by atoms with Crippen molar-refractivity contribution >= 4 is 17.2 Å². The summed E-state index contributed by atoms with van der Waals surface area (Å²) >= 11 is 6.13. The molecule has 21 heavy (non-hydrogen) atoms. The van der Waals surface area contributed by atoms with E-state index < -0.39 is 42.5 Å². The lowest BCUT2D eigenvalue weighted by Crippen LogP contribution is -2.14. The lowest BCUT2D eigenvalue weighted by molar-refractivity contribution is 0.584. The maximum Gasteiger partial charge on any atom is 0.188 e. The first-order valence-electron chi connectivity index (χ1n) is 10.3. The van der Waals surface area contributed by atoms with E-state index in [1.165, 1.54) is 18.2 Å². The van der Waals surface area contributed by atoms with Crippen molar-refractivity contribution in [2.75, 3.05) is 0 Å². The van der Waals surface area contributed by atoms with E-state index in [0.29, 0.717) is 0 Å². The highest BCUT2D eigenvalue weighted by Crippen LogP contribution is 2.30. The Morgan fingerprint density at radius 2 is 2.00 bits per heavy atom. The lowest BCUT2D eigenvalue weighted by atomic mass is 9.88. The van der Waals surface area contributed by atoms with Gasteiger partial charge in [0.1, 0.15) is 5.82 Å². The maximum atomic E-state index is 14.2. The molecule has 0 N–H and O–H groups in total. The Morgan fingerprint density at radius 1 is 1.24 bits per heavy atom. The summed E-state index contributed by atoms with van der Waals surface area (Å²) in [7, 11) is 0. The normalized spacial score (nSPS) is 20.2. The van der Waals surface area contributed by atoms with Crippen molar-refractivity contribution in [1.29, 1.82) is 0 Å². The van der Waals surface area contributed by atoms with Gasteiger partial charge in [0.05, 0.1) is 5.56 Å². The van der Waals surface area contributed by atoms with Crippen molar-refractivity contribution in [2.24, 2.45) is 0 Å². The second-order valence-corrected chi connectivity index (χ2v) is 4.73. The van der Waals surface area contributed by atoms with Crippen molar-refractivity contribution < 1.29 is 16.7 Å². The Kier molecular flexibility index (Phi) is 1.55. The van der Waals surface area contributed by atoms with E-state index >= 15 is 0 Å². The molecule has 4 nitrogen and oxygen atoms in total. The van der Waals surface area contributed by atoms with E-state index in [1.54, 1.807) is 6.07 Å². The van der Waals surface area contributed by atoms with Crippen LogP contribution in [-0.4, -0.2) is 19.8 Å². The molecule has 6 heteroatoms. The van der Waals surface area contributed by atoms with Crippen LogP contribution in [0.2, 0.25) is 5.15 Å². The molecule has 1 aromatic carbocycles. The molecular formula is C15H14ClFN4. The molecule has 0 amide bonds. The molecule has 0 saturated heterocycles. The third kappa shape index (κ3) is 2.38. The second kappa shape index (κ2) is 4.77. The Labute approximate surface area is 139 Å². The predicted molar refractivity (Wildman–Crippen MR) is 79.9 cm³/mol. The van der Waals surface area contributed by atoms with E-state index in [0.717, 1.165) is 10.6 Å². The minimum atomic E-state index is -3.51. The van der Waals surface area contributed by atoms with Crippen molar-refractivity contribution in [2.45, 2.75) is 26.0 Å². The van der Waals surface area contributed by atoms with Gasteiger partial charge in [0, 0.05) is 17.9 Å². The van der Waals surface area contributed by atoms with Crippen LogP contribution in [0.3, 0.4) is 0 Å². The molecule has 3 rings (SSSR count). The number of hydrogen-bond donors (Lipinski definition) is 0. The van der Waals surface area contributed by atoms with E-state index in [2.05, 4.69) is 15.3 Å². The first-order chi connectivity index (χ1) is 13.6. The second-order valence-electron chi connectivity index (χ2n) is 4.37. The molecule has 0 bridgehead atoms. The molecule has 2 aromatic heterocycles. The third-order valence-corrected chi connectivity index (χ3v) is 3.15. The number of aromatic nitrogens is 4. The van der Waals surface area contributed by atoms with Gasteiger partial charge in [-0.25, -0.2) is 4.39 Å². The van der Waals surface area contributed by atoms with Crippen molar-refractivity contribution in [1.82, 2.24) is 19.8 Å². The van der Waals surface area contributed by atoms with Gasteiger partial charge in [0.15, 0.2) is 16.6 Å². The zero-order valence-electron chi connectivity index (χ0n) is 19.4. The SMILES string of the molecule is [2H]C([2H])([2H])C(c1cc2nnc(-c3ccccc3F)n2nc1Cl)(C([2H])([2H])[2H])C([2H])([2H])[2H]. The number of rotatable bonds is 1. The van der Waals surface area contributed by atoms with Crippen LogP contribution < -0.4 is 0 Å². The average Bonchev–Trinajstić information content (AvgIpc) is 2.94. The molecule has 0 aliphatic rings. The summed E-state index contributed by atoms with van der Waals surface area (Å²) in [6.45, 7) is -10.5. The molecule has 0 spiro atoms. The number of benzene rings is 1. The summed E-state index contributed by atoms with van der Waals surface area (Å²) in [5.74, 6) is -0.727. The molecule has 0 aliphatic heterocycles. The fourth-order valence-electron chi connectivity index (χ4n) is 1.88. The summed E-state index contributed by atoms with van der Waals surface area (Å²) in [6.07, 6.45) is 0. The zero-order valence-corrected chi connectivity index (χ0v) is 11.2. The van der Waals surface area contributed by atoms with Crippen LogP contribution in [0.4, 0.5) is 4.39 Å². The zero-order chi connectivity index (χ0) is 22.7. The Hall–Kier alpha value is -2.01. The van der Waals surface area contributed by atoms with Crippen LogP contribution in [-0.2, 0) is 5.41 Å². The smallest absolute Gasteiger partial charge is 0.188 e. The molecule has 2 heterocycles. The van der Waals surface area contributed by atoms with Gasteiger partial charge in [-0.3, -0.25) is 0 Å². The fraction of sp³-hybridized carbons (Fsp3) is 0.267. The standard InChI is InChI=1S/C15H14ClFN4/c1-15(2,3)10-8-12-18-19-14(21(12)20-13(10)16)9-6-4-5-7-11(9)17/h4-8H,1-3H3/i1D3,2D3,3D3.